The van der Waals surface area contributed by atoms with E-state index in [1.165, 1.54) is 0 Å². The van der Waals surface area contributed by atoms with E-state index in [-0.39, 0.29) is 29.1 Å². The summed E-state index contributed by atoms with van der Waals surface area (Å²) in [6.07, 6.45) is 8.00. The van der Waals surface area contributed by atoms with Gasteiger partial charge in [-0.25, -0.2) is 0 Å². The van der Waals surface area contributed by atoms with Crippen LogP contribution in [0, 0.1) is 11.8 Å². The number of nitrogens with zero attached hydrogens (tertiary/aromatic N) is 1. The van der Waals surface area contributed by atoms with Gasteiger partial charge in [0.25, 0.3) is 0 Å². The highest BCUT2D eigenvalue weighted by Crippen LogP contribution is 2.71. The summed E-state index contributed by atoms with van der Waals surface area (Å²) in [4.78, 5) is 41.9. The third kappa shape index (κ3) is 4.54. The Morgan fingerprint density at radius 3 is 2.59 bits per heavy atom. The lowest BCUT2D eigenvalue weighted by atomic mass is 9.66. The summed E-state index contributed by atoms with van der Waals surface area (Å²) in [6.45, 7) is 7.58. The number of esters is 1. The monoisotopic (exact) mass is 468 g/mol. The van der Waals surface area contributed by atoms with E-state index in [9.17, 15) is 14.4 Å². The SMILES string of the molecule is CCCCCNC(=O)C1N(CCCCCCO)C(=O)[C@@H]2[C@@H](C(=O)OCC)[C@@]3(C)CCC12S3. The van der Waals surface area contributed by atoms with Crippen molar-refractivity contribution in [1.29, 1.82) is 0 Å². The van der Waals surface area contributed by atoms with Crippen molar-refractivity contribution in [1.82, 2.24) is 10.2 Å². The zero-order chi connectivity index (χ0) is 23.4. The van der Waals surface area contributed by atoms with Gasteiger partial charge in [0.15, 0.2) is 0 Å². The lowest BCUT2D eigenvalue weighted by Crippen LogP contribution is -2.53. The predicted octanol–water partition coefficient (Wildman–Crippen LogP) is 2.89. The molecule has 0 aromatic carbocycles. The zero-order valence-corrected chi connectivity index (χ0v) is 20.7. The van der Waals surface area contributed by atoms with Gasteiger partial charge in [0.05, 0.1) is 23.2 Å². The molecule has 3 aliphatic rings. The highest BCUT2D eigenvalue weighted by molar-refractivity contribution is 8.02. The molecule has 0 aliphatic carbocycles. The third-order valence-electron chi connectivity index (χ3n) is 7.45. The molecule has 0 radical (unpaired) electrons. The summed E-state index contributed by atoms with van der Waals surface area (Å²) < 4.78 is 4.48. The van der Waals surface area contributed by atoms with E-state index in [1.54, 1.807) is 23.6 Å². The standard InChI is InChI=1S/C24H40N2O5S/c1-4-6-9-14-25-20(28)19-24-13-12-23(3,32-24)18(22(30)31-5-2)17(24)21(29)26(19)15-10-7-8-11-16-27/h17-19,27H,4-16H2,1-3H3,(H,25,28)/t17-,18-,19?,23+,24?/m0/s1. The van der Waals surface area contributed by atoms with E-state index in [2.05, 4.69) is 19.2 Å². The quantitative estimate of drug-likeness (QED) is 0.319. The summed E-state index contributed by atoms with van der Waals surface area (Å²) in [5.74, 6) is -1.42. The number of hydrogen-bond acceptors (Lipinski definition) is 6. The summed E-state index contributed by atoms with van der Waals surface area (Å²) in [5, 5.41) is 12.1. The molecule has 182 valence electrons. The first-order valence-corrected chi connectivity index (χ1v) is 13.2. The largest absolute Gasteiger partial charge is 0.466 e. The van der Waals surface area contributed by atoms with Crippen molar-refractivity contribution in [2.24, 2.45) is 11.8 Å². The number of aliphatic hydroxyl groups is 1. The fourth-order valence-electron chi connectivity index (χ4n) is 5.99. The van der Waals surface area contributed by atoms with Crippen LogP contribution >= 0.6 is 11.8 Å². The second-order valence-corrected chi connectivity index (χ2v) is 11.5. The predicted molar refractivity (Wildman–Crippen MR) is 125 cm³/mol. The van der Waals surface area contributed by atoms with Crippen LogP contribution in [0.3, 0.4) is 0 Å². The van der Waals surface area contributed by atoms with Gasteiger partial charge in [0.1, 0.15) is 6.04 Å². The van der Waals surface area contributed by atoms with Crippen LogP contribution in [0.5, 0.6) is 0 Å². The van der Waals surface area contributed by atoms with E-state index >= 15 is 0 Å². The van der Waals surface area contributed by atoms with Gasteiger partial charge in [-0.05, 0) is 46.0 Å². The van der Waals surface area contributed by atoms with Gasteiger partial charge >= 0.3 is 5.97 Å². The molecule has 7 nitrogen and oxygen atoms in total. The van der Waals surface area contributed by atoms with Crippen LogP contribution < -0.4 is 5.32 Å². The minimum Gasteiger partial charge on any atom is -0.466 e. The molecule has 5 atom stereocenters. The van der Waals surface area contributed by atoms with Gasteiger partial charge in [-0.1, -0.05) is 32.6 Å². The number of aliphatic hydroxyl groups excluding tert-OH is 1. The maximum atomic E-state index is 13.7. The highest BCUT2D eigenvalue weighted by atomic mass is 32.2. The van der Waals surface area contributed by atoms with Crippen molar-refractivity contribution in [3.63, 3.8) is 0 Å². The Balaban J connectivity index is 1.84. The topological polar surface area (TPSA) is 95.9 Å². The van der Waals surface area contributed by atoms with Crippen LogP contribution in [0.4, 0.5) is 0 Å². The van der Waals surface area contributed by atoms with Gasteiger partial charge in [-0.15, -0.1) is 11.8 Å². The van der Waals surface area contributed by atoms with Gasteiger partial charge in [-0.2, -0.15) is 0 Å². The molecule has 1 spiro atoms. The minimum absolute atomic E-state index is 0.0603. The molecule has 3 rings (SSSR count). The summed E-state index contributed by atoms with van der Waals surface area (Å²) in [6, 6.07) is -0.536. The number of thioether (sulfide) groups is 1. The number of ether oxygens (including phenoxy) is 1. The molecule has 0 aromatic rings. The number of carbonyl (C=O) groups excluding carboxylic acids is 3. The molecule has 3 heterocycles. The van der Waals surface area contributed by atoms with Crippen LogP contribution in [0.25, 0.3) is 0 Å². The van der Waals surface area contributed by atoms with Crippen LogP contribution in [-0.4, -0.2) is 69.6 Å². The number of unbranched alkanes of at least 4 members (excludes halogenated alkanes) is 5. The van der Waals surface area contributed by atoms with Crippen molar-refractivity contribution in [2.75, 3.05) is 26.3 Å². The molecule has 0 saturated carbocycles. The van der Waals surface area contributed by atoms with Crippen molar-refractivity contribution < 1.29 is 24.2 Å². The van der Waals surface area contributed by atoms with Crippen LogP contribution in [0.15, 0.2) is 0 Å². The lowest BCUT2D eigenvalue weighted by molar-refractivity contribution is -0.155. The Hall–Kier alpha value is -1.28. The second kappa shape index (κ2) is 10.8. The Labute approximate surface area is 196 Å². The zero-order valence-electron chi connectivity index (χ0n) is 19.9. The molecule has 2 N–H and O–H groups in total. The summed E-state index contributed by atoms with van der Waals surface area (Å²) in [5.41, 5.74) is 0. The first-order chi connectivity index (χ1) is 15.4. The number of nitrogens with one attached hydrogen (secondary N) is 1. The van der Waals surface area contributed by atoms with E-state index in [4.69, 9.17) is 9.84 Å². The molecule has 3 fully saturated rings. The Bertz CT molecular complexity index is 704. The number of likely N-dealkylation sites (tertiary alicyclic amines) is 1. The molecular formula is C24H40N2O5S. The minimum atomic E-state index is -0.552. The Morgan fingerprint density at radius 1 is 1.16 bits per heavy atom. The lowest BCUT2D eigenvalue weighted by Gasteiger charge is -2.34. The van der Waals surface area contributed by atoms with Crippen LogP contribution in [0.2, 0.25) is 0 Å². The van der Waals surface area contributed by atoms with E-state index in [0.717, 1.165) is 57.8 Å². The van der Waals surface area contributed by atoms with Gasteiger partial charge in [0, 0.05) is 24.4 Å². The molecule has 2 amide bonds. The van der Waals surface area contributed by atoms with Gasteiger partial charge in [-0.3, -0.25) is 14.4 Å². The van der Waals surface area contributed by atoms with Crippen molar-refractivity contribution in [2.45, 2.75) is 94.1 Å². The molecule has 2 unspecified atom stereocenters. The van der Waals surface area contributed by atoms with Gasteiger partial charge < -0.3 is 20.1 Å². The summed E-state index contributed by atoms with van der Waals surface area (Å²) >= 11 is 1.69. The van der Waals surface area contributed by atoms with E-state index in [1.807, 2.05) is 0 Å². The molecule has 0 aromatic heterocycles. The molecule has 3 aliphatic heterocycles. The Morgan fingerprint density at radius 2 is 1.91 bits per heavy atom. The smallest absolute Gasteiger partial charge is 0.311 e. The van der Waals surface area contributed by atoms with Gasteiger partial charge in [0.2, 0.25) is 11.8 Å². The third-order valence-corrected chi connectivity index (χ3v) is 9.44. The second-order valence-electron chi connectivity index (χ2n) is 9.65. The normalized spacial score (nSPS) is 32.9. The fraction of sp³-hybridized carbons (Fsp3) is 0.875. The molecular weight excluding hydrogens is 428 g/mol. The number of carbonyl (C=O) groups is 3. The van der Waals surface area contributed by atoms with E-state index in [0.29, 0.717) is 19.7 Å². The Kier molecular flexibility index (Phi) is 8.53. The van der Waals surface area contributed by atoms with Crippen LogP contribution in [-0.2, 0) is 19.1 Å². The fourth-order valence-corrected chi connectivity index (χ4v) is 8.33. The number of hydrogen-bond donors (Lipinski definition) is 2. The number of fused-ring (bicyclic) bond motifs is 1. The summed E-state index contributed by atoms with van der Waals surface area (Å²) in [7, 11) is 0. The van der Waals surface area contributed by atoms with E-state index < -0.39 is 22.6 Å². The van der Waals surface area contributed by atoms with Crippen molar-refractivity contribution >= 4 is 29.5 Å². The molecule has 2 bridgehead atoms. The maximum Gasteiger partial charge on any atom is 0.311 e. The van der Waals surface area contributed by atoms with Crippen LogP contribution in [0.1, 0.15) is 78.6 Å². The average molecular weight is 469 g/mol. The number of amides is 2. The highest BCUT2D eigenvalue weighted by Gasteiger charge is 2.77. The molecule has 32 heavy (non-hydrogen) atoms. The van der Waals surface area contributed by atoms with Crippen molar-refractivity contribution in [3.05, 3.63) is 0 Å². The maximum absolute atomic E-state index is 13.7. The molecule has 3 saturated heterocycles. The first kappa shape index (κ1) is 25.3. The average Bonchev–Trinajstić information content (AvgIpc) is 3.32. The van der Waals surface area contributed by atoms with Crippen molar-refractivity contribution in [3.8, 4) is 0 Å². The number of rotatable bonds is 13. The molecule has 8 heteroatoms. The first-order valence-electron chi connectivity index (χ1n) is 12.4.